The fourth-order valence-electron chi connectivity index (χ4n) is 2.61. The van der Waals surface area contributed by atoms with Crippen LogP contribution < -0.4 is 5.32 Å². The molecule has 4 nitrogen and oxygen atoms in total. The first-order valence-corrected chi connectivity index (χ1v) is 9.85. The highest BCUT2D eigenvalue weighted by Gasteiger charge is 2.14. The SMILES string of the molecule is C[C@@H](c1ccccc1)N(C)CC(=O)NCCSCc1ccccc1C#N. The zero-order chi connectivity index (χ0) is 18.8. The van der Waals surface area contributed by atoms with Gasteiger partial charge in [0, 0.05) is 24.1 Å². The van der Waals surface area contributed by atoms with E-state index in [0.717, 1.165) is 22.6 Å². The van der Waals surface area contributed by atoms with Crippen molar-refractivity contribution in [2.45, 2.75) is 18.7 Å². The summed E-state index contributed by atoms with van der Waals surface area (Å²) in [6, 6.07) is 20.2. The Morgan fingerprint density at radius 1 is 1.19 bits per heavy atom. The van der Waals surface area contributed by atoms with Crippen molar-refractivity contribution in [2.75, 3.05) is 25.9 Å². The normalized spacial score (nSPS) is 11.8. The van der Waals surface area contributed by atoms with E-state index >= 15 is 0 Å². The van der Waals surface area contributed by atoms with Crippen LogP contribution in [-0.2, 0) is 10.5 Å². The number of carbonyl (C=O) groups is 1. The molecule has 0 radical (unpaired) electrons. The van der Waals surface area contributed by atoms with Crippen molar-refractivity contribution < 1.29 is 4.79 Å². The van der Waals surface area contributed by atoms with Crippen molar-refractivity contribution in [1.29, 1.82) is 5.26 Å². The summed E-state index contributed by atoms with van der Waals surface area (Å²) in [6.07, 6.45) is 0. The third kappa shape index (κ3) is 6.21. The first-order chi connectivity index (χ1) is 12.6. The van der Waals surface area contributed by atoms with Crippen LogP contribution in [0, 0.1) is 11.3 Å². The smallest absolute Gasteiger partial charge is 0.234 e. The Labute approximate surface area is 160 Å². The number of rotatable bonds is 9. The second-order valence-electron chi connectivity index (χ2n) is 6.17. The molecule has 2 aromatic rings. The van der Waals surface area contributed by atoms with Crippen LogP contribution in [-0.4, -0.2) is 36.7 Å². The lowest BCUT2D eigenvalue weighted by Gasteiger charge is -2.24. The van der Waals surface area contributed by atoms with Crippen LogP contribution >= 0.6 is 11.8 Å². The van der Waals surface area contributed by atoms with Crippen molar-refractivity contribution in [3.63, 3.8) is 0 Å². The Morgan fingerprint density at radius 2 is 1.88 bits per heavy atom. The molecule has 136 valence electrons. The maximum atomic E-state index is 12.1. The maximum absolute atomic E-state index is 12.1. The summed E-state index contributed by atoms with van der Waals surface area (Å²) >= 11 is 1.72. The van der Waals surface area contributed by atoms with Gasteiger partial charge in [-0.15, -0.1) is 0 Å². The average Bonchev–Trinajstić information content (AvgIpc) is 2.68. The number of nitrogens with one attached hydrogen (secondary N) is 1. The molecule has 0 saturated carbocycles. The molecule has 0 spiro atoms. The van der Waals surface area contributed by atoms with E-state index < -0.39 is 0 Å². The van der Waals surface area contributed by atoms with Crippen LogP contribution in [0.4, 0.5) is 0 Å². The second kappa shape index (κ2) is 10.6. The summed E-state index contributed by atoms with van der Waals surface area (Å²) in [6.45, 7) is 3.11. The van der Waals surface area contributed by atoms with Gasteiger partial charge in [-0.25, -0.2) is 0 Å². The number of thioether (sulfide) groups is 1. The first-order valence-electron chi connectivity index (χ1n) is 8.69. The van der Waals surface area contributed by atoms with Gasteiger partial charge in [-0.2, -0.15) is 17.0 Å². The zero-order valence-corrected chi connectivity index (χ0v) is 16.1. The Kier molecular flexibility index (Phi) is 8.20. The van der Waals surface area contributed by atoms with Gasteiger partial charge >= 0.3 is 0 Å². The molecule has 2 rings (SSSR count). The minimum atomic E-state index is 0.0355. The predicted octanol–water partition coefficient (Wildman–Crippen LogP) is 3.60. The molecule has 0 saturated heterocycles. The molecule has 5 heteroatoms. The minimum absolute atomic E-state index is 0.0355. The average molecular weight is 368 g/mol. The molecule has 0 aliphatic rings. The number of likely N-dealkylation sites (N-methyl/N-ethyl adjacent to an activating group) is 1. The van der Waals surface area contributed by atoms with Crippen LogP contribution in [0.5, 0.6) is 0 Å². The summed E-state index contributed by atoms with van der Waals surface area (Å²) in [5.74, 6) is 1.64. The topological polar surface area (TPSA) is 56.1 Å². The van der Waals surface area contributed by atoms with Crippen molar-refractivity contribution in [1.82, 2.24) is 10.2 Å². The predicted molar refractivity (Wildman–Crippen MR) is 108 cm³/mol. The van der Waals surface area contributed by atoms with Crippen LogP contribution in [0.3, 0.4) is 0 Å². The van der Waals surface area contributed by atoms with Crippen LogP contribution in [0.2, 0.25) is 0 Å². The number of nitrogens with zero attached hydrogens (tertiary/aromatic N) is 2. The highest BCUT2D eigenvalue weighted by Crippen LogP contribution is 2.17. The van der Waals surface area contributed by atoms with Crippen LogP contribution in [0.1, 0.15) is 29.7 Å². The van der Waals surface area contributed by atoms with E-state index in [0.29, 0.717) is 13.1 Å². The van der Waals surface area contributed by atoms with Gasteiger partial charge in [0.2, 0.25) is 5.91 Å². The monoisotopic (exact) mass is 367 g/mol. The molecule has 2 aromatic carbocycles. The van der Waals surface area contributed by atoms with Gasteiger partial charge < -0.3 is 5.32 Å². The zero-order valence-electron chi connectivity index (χ0n) is 15.3. The standard InChI is InChI=1S/C21H25N3OS/c1-17(18-8-4-3-5-9-18)24(2)15-21(25)23-12-13-26-16-20-11-7-6-10-19(20)14-22/h3-11,17H,12-13,15-16H2,1-2H3,(H,23,25)/t17-/m0/s1. The summed E-state index contributed by atoms with van der Waals surface area (Å²) in [5.41, 5.74) is 2.97. The molecule has 0 fully saturated rings. The molecule has 0 unspecified atom stereocenters. The summed E-state index contributed by atoms with van der Waals surface area (Å²) < 4.78 is 0. The van der Waals surface area contributed by atoms with Gasteiger partial charge in [-0.3, -0.25) is 9.69 Å². The van der Waals surface area contributed by atoms with Crippen molar-refractivity contribution in [3.05, 3.63) is 71.3 Å². The molecule has 26 heavy (non-hydrogen) atoms. The van der Waals surface area contributed by atoms with Gasteiger partial charge in [0.25, 0.3) is 0 Å². The lowest BCUT2D eigenvalue weighted by atomic mass is 10.1. The van der Waals surface area contributed by atoms with Gasteiger partial charge in [0.1, 0.15) is 0 Å². The van der Waals surface area contributed by atoms with Crippen LogP contribution in [0.15, 0.2) is 54.6 Å². The molecule has 0 aliphatic heterocycles. The number of nitriles is 1. The third-order valence-electron chi connectivity index (χ3n) is 4.30. The van der Waals surface area contributed by atoms with Gasteiger partial charge in [-0.1, -0.05) is 48.5 Å². The summed E-state index contributed by atoms with van der Waals surface area (Å²) in [5, 5.41) is 12.1. The third-order valence-corrected chi connectivity index (χ3v) is 5.31. The van der Waals surface area contributed by atoms with E-state index in [1.54, 1.807) is 11.8 Å². The molecular weight excluding hydrogens is 342 g/mol. The Hall–Kier alpha value is -2.29. The maximum Gasteiger partial charge on any atom is 0.234 e. The van der Waals surface area contributed by atoms with E-state index in [1.807, 2.05) is 54.4 Å². The van der Waals surface area contributed by atoms with Gasteiger partial charge in [0.05, 0.1) is 18.2 Å². The molecule has 0 heterocycles. The second-order valence-corrected chi connectivity index (χ2v) is 7.28. The Balaban J connectivity index is 1.67. The highest BCUT2D eigenvalue weighted by molar-refractivity contribution is 7.98. The van der Waals surface area contributed by atoms with Crippen molar-refractivity contribution in [2.24, 2.45) is 0 Å². The van der Waals surface area contributed by atoms with E-state index in [9.17, 15) is 4.79 Å². The fourth-order valence-corrected chi connectivity index (χ4v) is 3.47. The minimum Gasteiger partial charge on any atom is -0.354 e. The van der Waals surface area contributed by atoms with Crippen LogP contribution in [0.25, 0.3) is 0 Å². The van der Waals surface area contributed by atoms with E-state index in [1.165, 1.54) is 5.56 Å². The van der Waals surface area contributed by atoms with Gasteiger partial charge in [-0.05, 0) is 31.2 Å². The number of carbonyl (C=O) groups excluding carboxylic acids is 1. The molecule has 1 amide bonds. The molecule has 0 aliphatic carbocycles. The summed E-state index contributed by atoms with van der Waals surface area (Å²) in [4.78, 5) is 14.2. The Bertz CT molecular complexity index is 742. The molecule has 1 N–H and O–H groups in total. The molecule has 0 bridgehead atoms. The molecular formula is C21H25N3OS. The number of hydrogen-bond acceptors (Lipinski definition) is 4. The largest absolute Gasteiger partial charge is 0.354 e. The van der Waals surface area contributed by atoms with Gasteiger partial charge in [0.15, 0.2) is 0 Å². The summed E-state index contributed by atoms with van der Waals surface area (Å²) in [7, 11) is 1.96. The highest BCUT2D eigenvalue weighted by atomic mass is 32.2. The Morgan fingerprint density at radius 3 is 2.62 bits per heavy atom. The number of benzene rings is 2. The molecule has 1 atom stereocenters. The fraction of sp³-hybridized carbons (Fsp3) is 0.333. The molecule has 0 aromatic heterocycles. The van der Waals surface area contributed by atoms with E-state index in [4.69, 9.17) is 5.26 Å². The number of amides is 1. The quantitative estimate of drug-likeness (QED) is 0.688. The lowest BCUT2D eigenvalue weighted by molar-refractivity contribution is -0.122. The van der Waals surface area contributed by atoms with E-state index in [2.05, 4.69) is 30.4 Å². The number of hydrogen-bond donors (Lipinski definition) is 1. The van der Waals surface area contributed by atoms with Crippen molar-refractivity contribution in [3.8, 4) is 6.07 Å². The lowest BCUT2D eigenvalue weighted by Crippen LogP contribution is -2.37. The first kappa shape index (κ1) is 20.0. The van der Waals surface area contributed by atoms with Crippen molar-refractivity contribution >= 4 is 17.7 Å². The van der Waals surface area contributed by atoms with E-state index in [-0.39, 0.29) is 11.9 Å².